The van der Waals surface area contributed by atoms with Gasteiger partial charge >= 0.3 is 5.37 Å². The van der Waals surface area contributed by atoms with Crippen molar-refractivity contribution in [3.05, 3.63) is 0 Å². The number of hydrogen-bond donors (Lipinski definition) is 0. The van der Waals surface area contributed by atoms with Crippen molar-refractivity contribution < 1.29 is 4.79 Å². The third-order valence-corrected chi connectivity index (χ3v) is 3.15. The lowest BCUT2D eigenvalue weighted by Gasteiger charge is -2.27. The Morgan fingerprint density at radius 3 is 2.50 bits per heavy atom. The van der Waals surface area contributed by atoms with Crippen molar-refractivity contribution in [3.8, 4) is 0 Å². The van der Waals surface area contributed by atoms with E-state index in [9.17, 15) is 4.79 Å². The third-order valence-electron chi connectivity index (χ3n) is 1.63. The largest absolute Gasteiger partial charge is 0.317 e. The molecule has 1 aliphatic heterocycles. The summed E-state index contributed by atoms with van der Waals surface area (Å²) >= 11 is 7.10. The van der Waals surface area contributed by atoms with Crippen LogP contribution >= 0.6 is 23.4 Å². The second-order valence-corrected chi connectivity index (χ2v) is 4.72. The maximum atomic E-state index is 10.7. The molecule has 0 aliphatic carbocycles. The van der Waals surface area contributed by atoms with Gasteiger partial charge in [0.25, 0.3) is 0 Å². The van der Waals surface area contributed by atoms with E-state index in [0.29, 0.717) is 0 Å². The molecule has 0 spiro atoms. The highest BCUT2D eigenvalue weighted by atomic mass is 35.5. The van der Waals surface area contributed by atoms with Gasteiger partial charge in [-0.05, 0) is 25.4 Å². The van der Waals surface area contributed by atoms with Crippen molar-refractivity contribution in [2.24, 2.45) is 0 Å². The number of carbonyl (C=O) groups excluding carboxylic acids is 1. The molecule has 1 fully saturated rings. The van der Waals surface area contributed by atoms with E-state index in [1.807, 2.05) is 13.8 Å². The Morgan fingerprint density at radius 2 is 2.30 bits per heavy atom. The molecule has 0 N–H and O–H groups in total. The molecule has 58 valence electrons. The fourth-order valence-electron chi connectivity index (χ4n) is 1.03. The maximum Gasteiger partial charge on any atom is 0.317 e. The highest BCUT2D eigenvalue weighted by Crippen LogP contribution is 2.35. The van der Waals surface area contributed by atoms with Gasteiger partial charge in [-0.2, -0.15) is 0 Å². The van der Waals surface area contributed by atoms with Crippen molar-refractivity contribution in [3.63, 3.8) is 0 Å². The fraction of sp³-hybridized carbons (Fsp3) is 0.833. The molecule has 0 aromatic heterocycles. The number of amides is 1. The molecule has 0 aromatic carbocycles. The molecule has 1 amide bonds. The molecule has 1 saturated heterocycles. The Balaban J connectivity index is 2.68. The Labute approximate surface area is 69.9 Å². The van der Waals surface area contributed by atoms with Crippen LogP contribution in [0.1, 0.15) is 13.8 Å². The molecule has 1 rings (SSSR count). The molecule has 0 saturated carbocycles. The number of carbonyl (C=O) groups is 1. The third kappa shape index (κ3) is 1.40. The SMILES string of the molecule is CC1(C)SCCN1C(=O)Cl. The summed E-state index contributed by atoms with van der Waals surface area (Å²) in [7, 11) is 0. The Hall–Kier alpha value is 0.110. The van der Waals surface area contributed by atoms with E-state index in [2.05, 4.69) is 0 Å². The molecule has 0 bridgehead atoms. The summed E-state index contributed by atoms with van der Waals surface area (Å²) in [4.78, 5) is 12.3. The zero-order chi connectivity index (χ0) is 7.78. The first-order valence-electron chi connectivity index (χ1n) is 3.15. The highest BCUT2D eigenvalue weighted by Gasteiger charge is 2.35. The van der Waals surface area contributed by atoms with Crippen LogP contribution in [0.3, 0.4) is 0 Å². The van der Waals surface area contributed by atoms with E-state index >= 15 is 0 Å². The minimum absolute atomic E-state index is 0.0984. The summed E-state index contributed by atoms with van der Waals surface area (Å²) in [5.74, 6) is 0.992. The molecule has 1 aliphatic rings. The Morgan fingerprint density at radius 1 is 1.70 bits per heavy atom. The first-order chi connectivity index (χ1) is 4.54. The first kappa shape index (κ1) is 8.21. The average molecular weight is 180 g/mol. The molecule has 0 atom stereocenters. The molecule has 4 heteroatoms. The minimum Gasteiger partial charge on any atom is -0.314 e. The predicted molar refractivity (Wildman–Crippen MR) is 44.5 cm³/mol. The zero-order valence-electron chi connectivity index (χ0n) is 6.06. The molecule has 0 aromatic rings. The number of rotatable bonds is 0. The van der Waals surface area contributed by atoms with Crippen LogP contribution in [0, 0.1) is 0 Å². The second-order valence-electron chi connectivity index (χ2n) is 2.70. The average Bonchev–Trinajstić information content (AvgIpc) is 2.08. The molecule has 10 heavy (non-hydrogen) atoms. The lowest BCUT2D eigenvalue weighted by atomic mass is 10.3. The molecule has 2 nitrogen and oxygen atoms in total. The van der Waals surface area contributed by atoms with Gasteiger partial charge in [-0.15, -0.1) is 11.8 Å². The van der Waals surface area contributed by atoms with Crippen molar-refractivity contribution in [1.82, 2.24) is 4.90 Å². The summed E-state index contributed by atoms with van der Waals surface area (Å²) in [6, 6.07) is 0. The lowest BCUT2D eigenvalue weighted by Crippen LogP contribution is -2.38. The topological polar surface area (TPSA) is 20.3 Å². The van der Waals surface area contributed by atoms with E-state index < -0.39 is 0 Å². The van der Waals surface area contributed by atoms with Gasteiger partial charge in [0, 0.05) is 12.3 Å². The number of hydrogen-bond acceptors (Lipinski definition) is 2. The summed E-state index contributed by atoms with van der Waals surface area (Å²) in [6.45, 7) is 4.79. The van der Waals surface area contributed by atoms with Crippen LogP contribution in [0.25, 0.3) is 0 Å². The lowest BCUT2D eigenvalue weighted by molar-refractivity contribution is 0.208. The zero-order valence-corrected chi connectivity index (χ0v) is 7.63. The van der Waals surface area contributed by atoms with Gasteiger partial charge in [0.2, 0.25) is 0 Å². The van der Waals surface area contributed by atoms with E-state index in [0.717, 1.165) is 12.3 Å². The van der Waals surface area contributed by atoms with Gasteiger partial charge in [-0.3, -0.25) is 4.79 Å². The van der Waals surface area contributed by atoms with Gasteiger partial charge in [0.1, 0.15) is 0 Å². The smallest absolute Gasteiger partial charge is 0.314 e. The quantitative estimate of drug-likeness (QED) is 0.420. The van der Waals surface area contributed by atoms with Gasteiger partial charge < -0.3 is 4.90 Å². The van der Waals surface area contributed by atoms with Gasteiger partial charge in [-0.1, -0.05) is 0 Å². The number of thioether (sulfide) groups is 1. The molecule has 0 unspecified atom stereocenters. The number of halogens is 1. The Kier molecular flexibility index (Phi) is 2.15. The van der Waals surface area contributed by atoms with E-state index in [1.54, 1.807) is 16.7 Å². The van der Waals surface area contributed by atoms with Crippen LogP contribution in [0.15, 0.2) is 0 Å². The van der Waals surface area contributed by atoms with Gasteiger partial charge in [0.15, 0.2) is 0 Å². The summed E-state index contributed by atoms with van der Waals surface area (Å²) in [5, 5.41) is -0.338. The van der Waals surface area contributed by atoms with Crippen LogP contribution < -0.4 is 0 Å². The van der Waals surface area contributed by atoms with Crippen LogP contribution in [-0.2, 0) is 0 Å². The molecule has 0 radical (unpaired) electrons. The van der Waals surface area contributed by atoms with E-state index in [4.69, 9.17) is 11.6 Å². The van der Waals surface area contributed by atoms with Crippen LogP contribution in [0.4, 0.5) is 4.79 Å². The van der Waals surface area contributed by atoms with Crippen LogP contribution in [0.5, 0.6) is 0 Å². The highest BCUT2D eigenvalue weighted by molar-refractivity contribution is 8.00. The molecular formula is C6H10ClNOS. The molecule has 1 heterocycles. The fourth-order valence-corrected chi connectivity index (χ4v) is 2.48. The number of nitrogens with zero attached hydrogens (tertiary/aromatic N) is 1. The standard InChI is InChI=1S/C6H10ClNOS/c1-6(2)8(5(7)9)3-4-10-6/h3-4H2,1-2H3. The van der Waals surface area contributed by atoms with Crippen LogP contribution in [-0.4, -0.2) is 27.4 Å². The van der Waals surface area contributed by atoms with Crippen LogP contribution in [0.2, 0.25) is 0 Å². The van der Waals surface area contributed by atoms with Gasteiger partial charge in [0.05, 0.1) is 4.87 Å². The predicted octanol–water partition coefficient (Wildman–Crippen LogP) is 2.13. The second kappa shape index (κ2) is 2.62. The van der Waals surface area contributed by atoms with Gasteiger partial charge in [-0.25, -0.2) is 0 Å². The monoisotopic (exact) mass is 179 g/mol. The van der Waals surface area contributed by atoms with Crippen molar-refractivity contribution in [1.29, 1.82) is 0 Å². The van der Waals surface area contributed by atoms with E-state index in [1.165, 1.54) is 0 Å². The summed E-state index contributed by atoms with van der Waals surface area (Å²) in [6.07, 6.45) is 0. The molecular weight excluding hydrogens is 170 g/mol. The first-order valence-corrected chi connectivity index (χ1v) is 4.51. The summed E-state index contributed by atoms with van der Waals surface area (Å²) < 4.78 is 0. The summed E-state index contributed by atoms with van der Waals surface area (Å²) in [5.41, 5.74) is 0. The van der Waals surface area contributed by atoms with Crippen molar-refractivity contribution in [2.45, 2.75) is 18.7 Å². The van der Waals surface area contributed by atoms with E-state index in [-0.39, 0.29) is 10.2 Å². The maximum absolute atomic E-state index is 10.7. The van der Waals surface area contributed by atoms with Crippen molar-refractivity contribution in [2.75, 3.05) is 12.3 Å². The van der Waals surface area contributed by atoms with Crippen molar-refractivity contribution >= 4 is 28.7 Å². The minimum atomic E-state index is -0.338. The normalized spacial score (nSPS) is 23.3. The Bertz CT molecular complexity index is 160.